The average Bonchev–Trinajstić information content (AvgIpc) is 2.73. The van der Waals surface area contributed by atoms with Gasteiger partial charge in [-0.3, -0.25) is 4.79 Å². The molecule has 1 N–H and O–H groups in total. The molecule has 1 amide bonds. The number of amides is 1. The Balaban J connectivity index is 3.37. The minimum absolute atomic E-state index is 0.183. The van der Waals surface area contributed by atoms with Gasteiger partial charge in [0.2, 0.25) is 0 Å². The molecule has 190 valence electrons. The van der Waals surface area contributed by atoms with Crippen molar-refractivity contribution >= 4 is 12.1 Å². The van der Waals surface area contributed by atoms with Crippen LogP contribution in [0, 0.1) is 5.92 Å². The molecule has 0 radical (unpaired) electrons. The van der Waals surface area contributed by atoms with Gasteiger partial charge in [0.15, 0.2) is 0 Å². The van der Waals surface area contributed by atoms with E-state index in [2.05, 4.69) is 12.2 Å². The Kier molecular flexibility index (Phi) is 19.6. The lowest BCUT2D eigenvalue weighted by atomic mass is 9.95. The molecule has 0 atom stereocenters. The molecule has 0 aliphatic rings. The van der Waals surface area contributed by atoms with Gasteiger partial charge in [0, 0.05) is 6.42 Å². The Morgan fingerprint density at radius 2 is 1.19 bits per heavy atom. The maximum atomic E-state index is 11.8. The Morgan fingerprint density at radius 3 is 1.62 bits per heavy atom. The first-order valence-electron chi connectivity index (χ1n) is 13.4. The molecule has 0 aromatic heterocycles. The van der Waals surface area contributed by atoms with E-state index in [0.717, 1.165) is 12.8 Å². The van der Waals surface area contributed by atoms with E-state index < -0.39 is 11.7 Å². The first-order chi connectivity index (χ1) is 15.3. The van der Waals surface area contributed by atoms with Gasteiger partial charge >= 0.3 is 12.1 Å². The summed E-state index contributed by atoms with van der Waals surface area (Å²) in [6.07, 6.45) is 19.7. The number of ether oxygens (including phenoxy) is 2. The summed E-state index contributed by atoms with van der Waals surface area (Å²) in [5, 5.41) is 2.63. The lowest BCUT2D eigenvalue weighted by Gasteiger charge is -2.29. The minimum Gasteiger partial charge on any atom is -0.464 e. The van der Waals surface area contributed by atoms with Gasteiger partial charge in [-0.25, -0.2) is 4.79 Å². The number of rotatable bonds is 21. The summed E-state index contributed by atoms with van der Waals surface area (Å²) < 4.78 is 10.6. The topological polar surface area (TPSA) is 64.6 Å². The number of esters is 1. The fourth-order valence-electron chi connectivity index (χ4n) is 3.42. The Bertz CT molecular complexity index is 463. The van der Waals surface area contributed by atoms with Crippen molar-refractivity contribution in [2.24, 2.45) is 5.92 Å². The zero-order valence-electron chi connectivity index (χ0n) is 21.9. The standard InChI is InChI=1S/C27H53NO4/c1-6-7-8-9-10-11-12-13-14-15-16-17-18-19-20-21-25(29)31-23-22-28-26(30)32-27(4,5)24(2)3/h24H,6-23H2,1-5H3,(H,28,30). The van der Waals surface area contributed by atoms with Crippen molar-refractivity contribution in [2.45, 2.75) is 143 Å². The second-order valence-electron chi connectivity index (χ2n) is 9.99. The van der Waals surface area contributed by atoms with Crippen LogP contribution in [0.25, 0.3) is 0 Å². The van der Waals surface area contributed by atoms with E-state index in [9.17, 15) is 9.59 Å². The molecule has 0 fully saturated rings. The van der Waals surface area contributed by atoms with Crippen LogP contribution in [0.3, 0.4) is 0 Å². The second kappa shape index (κ2) is 20.4. The fourth-order valence-corrected chi connectivity index (χ4v) is 3.42. The molecular weight excluding hydrogens is 402 g/mol. The van der Waals surface area contributed by atoms with Gasteiger partial charge in [0.1, 0.15) is 12.2 Å². The number of alkyl carbamates (subject to hydrolysis) is 1. The lowest BCUT2D eigenvalue weighted by molar-refractivity contribution is -0.143. The van der Waals surface area contributed by atoms with E-state index in [1.54, 1.807) is 0 Å². The van der Waals surface area contributed by atoms with Crippen molar-refractivity contribution in [2.75, 3.05) is 13.2 Å². The molecule has 0 rings (SSSR count). The molecule has 5 heteroatoms. The highest BCUT2D eigenvalue weighted by atomic mass is 16.6. The zero-order chi connectivity index (χ0) is 24.1. The van der Waals surface area contributed by atoms with Gasteiger partial charge in [-0.1, -0.05) is 111 Å². The number of hydrogen-bond donors (Lipinski definition) is 1. The van der Waals surface area contributed by atoms with Crippen molar-refractivity contribution in [3.8, 4) is 0 Å². The van der Waals surface area contributed by atoms with E-state index >= 15 is 0 Å². The van der Waals surface area contributed by atoms with Crippen molar-refractivity contribution in [1.29, 1.82) is 0 Å². The van der Waals surface area contributed by atoms with E-state index in [-0.39, 0.29) is 25.0 Å². The van der Waals surface area contributed by atoms with Crippen LogP contribution in [0.4, 0.5) is 4.79 Å². The van der Waals surface area contributed by atoms with E-state index in [1.807, 2.05) is 27.7 Å². The molecular formula is C27H53NO4. The highest BCUT2D eigenvalue weighted by molar-refractivity contribution is 5.69. The lowest BCUT2D eigenvalue weighted by Crippen LogP contribution is -2.39. The number of carbonyl (C=O) groups is 2. The Morgan fingerprint density at radius 1 is 0.750 bits per heavy atom. The van der Waals surface area contributed by atoms with Crippen LogP contribution in [0.15, 0.2) is 0 Å². The van der Waals surface area contributed by atoms with Gasteiger partial charge in [0.25, 0.3) is 0 Å². The number of carbonyl (C=O) groups excluding carboxylic acids is 2. The molecule has 0 aromatic rings. The minimum atomic E-state index is -0.520. The summed E-state index contributed by atoms with van der Waals surface area (Å²) in [6, 6.07) is 0. The van der Waals surface area contributed by atoms with Crippen molar-refractivity contribution in [3.05, 3.63) is 0 Å². The first-order valence-corrected chi connectivity index (χ1v) is 13.4. The average molecular weight is 456 g/mol. The molecule has 32 heavy (non-hydrogen) atoms. The molecule has 0 heterocycles. The van der Waals surface area contributed by atoms with Gasteiger partial charge < -0.3 is 14.8 Å². The van der Waals surface area contributed by atoms with E-state index in [0.29, 0.717) is 6.42 Å². The molecule has 0 saturated carbocycles. The smallest absolute Gasteiger partial charge is 0.407 e. The van der Waals surface area contributed by atoms with Gasteiger partial charge in [-0.15, -0.1) is 0 Å². The van der Waals surface area contributed by atoms with Crippen LogP contribution in [0.1, 0.15) is 137 Å². The maximum absolute atomic E-state index is 11.8. The molecule has 0 spiro atoms. The van der Waals surface area contributed by atoms with Crippen LogP contribution in [-0.2, 0) is 14.3 Å². The summed E-state index contributed by atoms with van der Waals surface area (Å²) in [5.41, 5.74) is -0.520. The van der Waals surface area contributed by atoms with E-state index in [1.165, 1.54) is 83.5 Å². The normalized spacial score (nSPS) is 11.6. The predicted molar refractivity (Wildman–Crippen MR) is 134 cm³/mol. The predicted octanol–water partition coefficient (Wildman–Crippen LogP) is 7.95. The highest BCUT2D eigenvalue weighted by Gasteiger charge is 2.26. The molecule has 0 aliphatic carbocycles. The van der Waals surface area contributed by atoms with E-state index in [4.69, 9.17) is 9.47 Å². The third kappa shape index (κ3) is 19.4. The Labute approximate surface area is 198 Å². The summed E-state index contributed by atoms with van der Waals surface area (Å²) in [7, 11) is 0. The summed E-state index contributed by atoms with van der Waals surface area (Å²) >= 11 is 0. The van der Waals surface area contributed by atoms with Gasteiger partial charge in [0.05, 0.1) is 6.54 Å². The van der Waals surface area contributed by atoms with Crippen molar-refractivity contribution in [1.82, 2.24) is 5.32 Å². The molecule has 0 saturated heterocycles. The first kappa shape index (κ1) is 30.7. The van der Waals surface area contributed by atoms with Crippen molar-refractivity contribution in [3.63, 3.8) is 0 Å². The van der Waals surface area contributed by atoms with Crippen LogP contribution in [0.2, 0.25) is 0 Å². The number of unbranched alkanes of at least 4 members (excludes halogenated alkanes) is 14. The van der Waals surface area contributed by atoms with Crippen LogP contribution in [0.5, 0.6) is 0 Å². The van der Waals surface area contributed by atoms with Crippen LogP contribution in [-0.4, -0.2) is 30.8 Å². The van der Waals surface area contributed by atoms with Gasteiger partial charge in [-0.05, 0) is 26.2 Å². The van der Waals surface area contributed by atoms with Crippen LogP contribution < -0.4 is 5.32 Å². The second-order valence-corrected chi connectivity index (χ2v) is 9.99. The zero-order valence-corrected chi connectivity index (χ0v) is 21.9. The largest absolute Gasteiger partial charge is 0.464 e. The molecule has 5 nitrogen and oxygen atoms in total. The third-order valence-corrected chi connectivity index (χ3v) is 6.37. The third-order valence-electron chi connectivity index (χ3n) is 6.37. The Hall–Kier alpha value is -1.26. The quantitative estimate of drug-likeness (QED) is 0.141. The molecule has 0 aromatic carbocycles. The van der Waals surface area contributed by atoms with Crippen molar-refractivity contribution < 1.29 is 19.1 Å². The highest BCUT2D eigenvalue weighted by Crippen LogP contribution is 2.20. The molecule has 0 bridgehead atoms. The maximum Gasteiger partial charge on any atom is 0.407 e. The fraction of sp³-hybridized carbons (Fsp3) is 0.926. The monoisotopic (exact) mass is 455 g/mol. The number of nitrogens with one attached hydrogen (secondary N) is 1. The van der Waals surface area contributed by atoms with Gasteiger partial charge in [-0.2, -0.15) is 0 Å². The molecule has 0 aliphatic heterocycles. The number of hydrogen-bond acceptors (Lipinski definition) is 4. The SMILES string of the molecule is CCCCCCCCCCCCCCCCCC(=O)OCCNC(=O)OC(C)(C)C(C)C. The summed E-state index contributed by atoms with van der Waals surface area (Å²) in [4.78, 5) is 23.5. The summed E-state index contributed by atoms with van der Waals surface area (Å²) in [6.45, 7) is 10.5. The molecule has 0 unspecified atom stereocenters. The van der Waals surface area contributed by atoms with Crippen LogP contribution >= 0.6 is 0 Å². The summed E-state index contributed by atoms with van der Waals surface area (Å²) in [5.74, 6) is 0.0401.